The first-order valence-electron chi connectivity index (χ1n) is 8.83. The highest BCUT2D eigenvalue weighted by molar-refractivity contribution is 7.99. The standard InChI is InChI=1S/C20H18ClN3O2S2/c1-2-7-24-19(26)15-4-3-14(21)10-16(15)22-20(24)28-12-18(25)23-8-5-17-13(11-23)6-9-27-17/h2-4,6,9-10H,1,5,7-8,11-12H2. The first-order valence-corrected chi connectivity index (χ1v) is 11.1. The van der Waals surface area contributed by atoms with Crippen LogP contribution in [0.4, 0.5) is 0 Å². The van der Waals surface area contributed by atoms with Crippen molar-refractivity contribution in [1.82, 2.24) is 14.5 Å². The molecule has 0 N–H and O–H groups in total. The number of thiophene rings is 1. The number of carbonyl (C=O) groups excluding carboxylic acids is 1. The van der Waals surface area contributed by atoms with E-state index in [4.69, 9.17) is 11.6 Å². The summed E-state index contributed by atoms with van der Waals surface area (Å²) in [4.78, 5) is 33.4. The molecule has 28 heavy (non-hydrogen) atoms. The molecule has 0 saturated heterocycles. The second kappa shape index (κ2) is 8.11. The van der Waals surface area contributed by atoms with Gasteiger partial charge in [0.25, 0.3) is 5.56 Å². The van der Waals surface area contributed by atoms with E-state index in [2.05, 4.69) is 23.0 Å². The lowest BCUT2D eigenvalue weighted by atomic mass is 10.1. The smallest absolute Gasteiger partial charge is 0.262 e. The Morgan fingerprint density at radius 1 is 1.39 bits per heavy atom. The molecule has 3 aromatic rings. The minimum Gasteiger partial charge on any atom is -0.337 e. The van der Waals surface area contributed by atoms with E-state index in [0.717, 1.165) is 13.0 Å². The molecular formula is C20H18ClN3O2S2. The number of hydrogen-bond donors (Lipinski definition) is 0. The number of fused-ring (bicyclic) bond motifs is 2. The van der Waals surface area contributed by atoms with Crippen LogP contribution in [0.3, 0.4) is 0 Å². The molecule has 1 amide bonds. The third-order valence-electron chi connectivity index (χ3n) is 4.68. The molecule has 5 nitrogen and oxygen atoms in total. The van der Waals surface area contributed by atoms with Gasteiger partial charge < -0.3 is 4.90 Å². The second-order valence-corrected chi connectivity index (χ2v) is 8.86. The van der Waals surface area contributed by atoms with E-state index < -0.39 is 0 Å². The molecule has 1 aromatic carbocycles. The summed E-state index contributed by atoms with van der Waals surface area (Å²) in [5.41, 5.74) is 1.61. The minimum atomic E-state index is -0.155. The summed E-state index contributed by atoms with van der Waals surface area (Å²) in [6.07, 6.45) is 2.55. The number of aromatic nitrogens is 2. The number of benzene rings is 1. The van der Waals surface area contributed by atoms with Crippen LogP contribution in [-0.4, -0.2) is 32.7 Å². The lowest BCUT2D eigenvalue weighted by molar-refractivity contribution is -0.129. The first-order chi connectivity index (χ1) is 13.6. The molecule has 4 rings (SSSR count). The van der Waals surface area contributed by atoms with E-state index in [1.807, 2.05) is 4.90 Å². The molecule has 0 unspecified atom stereocenters. The lowest BCUT2D eigenvalue weighted by Crippen LogP contribution is -2.36. The van der Waals surface area contributed by atoms with Gasteiger partial charge >= 0.3 is 0 Å². The predicted octanol–water partition coefficient (Wildman–Crippen LogP) is 3.97. The molecule has 0 fully saturated rings. The summed E-state index contributed by atoms with van der Waals surface area (Å²) in [5.74, 6) is 0.280. The Bertz CT molecular complexity index is 1120. The number of hydrogen-bond acceptors (Lipinski definition) is 5. The van der Waals surface area contributed by atoms with Crippen molar-refractivity contribution in [3.63, 3.8) is 0 Å². The minimum absolute atomic E-state index is 0.0486. The Balaban J connectivity index is 1.57. The maximum absolute atomic E-state index is 12.8. The van der Waals surface area contributed by atoms with Gasteiger partial charge in [-0.3, -0.25) is 14.2 Å². The Morgan fingerprint density at radius 3 is 3.07 bits per heavy atom. The topological polar surface area (TPSA) is 55.2 Å². The summed E-state index contributed by atoms with van der Waals surface area (Å²) in [5, 5.41) is 3.60. The highest BCUT2D eigenvalue weighted by Gasteiger charge is 2.22. The van der Waals surface area contributed by atoms with Gasteiger partial charge in [0.15, 0.2) is 5.16 Å². The van der Waals surface area contributed by atoms with Crippen LogP contribution in [0.25, 0.3) is 10.9 Å². The van der Waals surface area contributed by atoms with Crippen molar-refractivity contribution in [2.24, 2.45) is 0 Å². The molecular weight excluding hydrogens is 414 g/mol. The van der Waals surface area contributed by atoms with E-state index in [-0.39, 0.29) is 17.2 Å². The molecule has 3 heterocycles. The summed E-state index contributed by atoms with van der Waals surface area (Å²) < 4.78 is 1.55. The number of allylic oxidation sites excluding steroid dienone is 1. The van der Waals surface area contributed by atoms with E-state index in [9.17, 15) is 9.59 Å². The highest BCUT2D eigenvalue weighted by Crippen LogP contribution is 2.25. The fourth-order valence-electron chi connectivity index (χ4n) is 3.25. The van der Waals surface area contributed by atoms with E-state index in [1.165, 1.54) is 22.2 Å². The van der Waals surface area contributed by atoms with Gasteiger partial charge in [-0.05, 0) is 41.6 Å². The van der Waals surface area contributed by atoms with Crippen molar-refractivity contribution in [2.75, 3.05) is 12.3 Å². The molecule has 0 spiro atoms. The molecule has 2 aromatic heterocycles. The molecule has 0 saturated carbocycles. The van der Waals surface area contributed by atoms with Crippen molar-refractivity contribution in [1.29, 1.82) is 0 Å². The maximum Gasteiger partial charge on any atom is 0.262 e. The molecule has 0 bridgehead atoms. The van der Waals surface area contributed by atoms with Crippen molar-refractivity contribution in [2.45, 2.75) is 24.7 Å². The van der Waals surface area contributed by atoms with Crippen LogP contribution in [0.2, 0.25) is 5.02 Å². The number of amides is 1. The first kappa shape index (κ1) is 19.2. The molecule has 1 aliphatic heterocycles. The molecule has 1 aliphatic rings. The monoisotopic (exact) mass is 431 g/mol. The van der Waals surface area contributed by atoms with Crippen LogP contribution in [0, 0.1) is 0 Å². The fraction of sp³-hybridized carbons (Fsp3) is 0.250. The van der Waals surface area contributed by atoms with Crippen molar-refractivity contribution >= 4 is 51.5 Å². The van der Waals surface area contributed by atoms with Crippen LogP contribution in [0.5, 0.6) is 0 Å². The van der Waals surface area contributed by atoms with E-state index >= 15 is 0 Å². The van der Waals surface area contributed by atoms with Crippen LogP contribution in [0.1, 0.15) is 10.4 Å². The molecule has 0 radical (unpaired) electrons. The van der Waals surface area contributed by atoms with E-state index in [1.54, 1.807) is 40.2 Å². The third kappa shape index (κ3) is 3.74. The SMILES string of the molecule is C=CCn1c(SCC(=O)N2CCc3sccc3C2)nc2cc(Cl)ccc2c1=O. The number of rotatable bonds is 5. The number of carbonyl (C=O) groups is 1. The average molecular weight is 432 g/mol. The zero-order chi connectivity index (χ0) is 19.7. The molecule has 144 valence electrons. The Morgan fingerprint density at radius 2 is 2.25 bits per heavy atom. The summed E-state index contributed by atoms with van der Waals surface area (Å²) >= 11 is 9.08. The summed E-state index contributed by atoms with van der Waals surface area (Å²) in [6, 6.07) is 7.11. The number of halogens is 1. The zero-order valence-corrected chi connectivity index (χ0v) is 17.4. The van der Waals surface area contributed by atoms with Crippen LogP contribution < -0.4 is 5.56 Å². The van der Waals surface area contributed by atoms with Crippen LogP contribution >= 0.6 is 34.7 Å². The molecule has 0 aliphatic carbocycles. The van der Waals surface area contributed by atoms with Gasteiger partial charge in [-0.1, -0.05) is 29.4 Å². The fourth-order valence-corrected chi connectivity index (χ4v) is 5.22. The predicted molar refractivity (Wildman–Crippen MR) is 115 cm³/mol. The Kier molecular flexibility index (Phi) is 5.57. The highest BCUT2D eigenvalue weighted by atomic mass is 35.5. The van der Waals surface area contributed by atoms with Crippen LogP contribution in [-0.2, 0) is 24.3 Å². The van der Waals surface area contributed by atoms with Crippen molar-refractivity contribution in [3.8, 4) is 0 Å². The average Bonchev–Trinajstić information content (AvgIpc) is 3.16. The Labute approximate surface area is 175 Å². The van der Waals surface area contributed by atoms with Gasteiger partial charge in [0.05, 0.1) is 16.7 Å². The molecule has 8 heteroatoms. The summed E-state index contributed by atoms with van der Waals surface area (Å²) in [7, 11) is 0. The summed E-state index contributed by atoms with van der Waals surface area (Å²) in [6.45, 7) is 5.44. The van der Waals surface area contributed by atoms with Gasteiger partial charge in [0.1, 0.15) is 0 Å². The lowest BCUT2D eigenvalue weighted by Gasteiger charge is -2.27. The largest absolute Gasteiger partial charge is 0.337 e. The maximum atomic E-state index is 12.8. The Hall–Kier alpha value is -2.09. The third-order valence-corrected chi connectivity index (χ3v) is 6.90. The molecule has 0 atom stereocenters. The van der Waals surface area contributed by atoms with Crippen LogP contribution in [0.15, 0.2) is 52.3 Å². The van der Waals surface area contributed by atoms with Gasteiger partial charge in [0.2, 0.25) is 5.91 Å². The van der Waals surface area contributed by atoms with Gasteiger partial charge in [-0.2, -0.15) is 0 Å². The van der Waals surface area contributed by atoms with E-state index in [0.29, 0.717) is 34.2 Å². The van der Waals surface area contributed by atoms with Gasteiger partial charge in [-0.25, -0.2) is 4.98 Å². The zero-order valence-electron chi connectivity index (χ0n) is 15.1. The van der Waals surface area contributed by atoms with Gasteiger partial charge in [-0.15, -0.1) is 17.9 Å². The number of nitrogens with zero attached hydrogens (tertiary/aromatic N) is 3. The quantitative estimate of drug-likeness (QED) is 0.348. The van der Waals surface area contributed by atoms with Crippen molar-refractivity contribution in [3.05, 3.63) is 68.1 Å². The van der Waals surface area contributed by atoms with Gasteiger partial charge in [0, 0.05) is 29.5 Å². The normalized spacial score (nSPS) is 13.5. The van der Waals surface area contributed by atoms with Crippen molar-refractivity contribution < 1.29 is 4.79 Å². The second-order valence-electron chi connectivity index (χ2n) is 6.48. The number of thioether (sulfide) groups is 1.